The average molecular weight is 206 g/mol. The SMILES string of the molecule is CCOc1ccccc1/C=C(/C)C(C)O. The minimum absolute atomic E-state index is 0.417. The number of rotatable bonds is 4. The Hall–Kier alpha value is -1.28. The first-order chi connectivity index (χ1) is 7.15. The summed E-state index contributed by atoms with van der Waals surface area (Å²) in [5, 5.41) is 9.39. The van der Waals surface area contributed by atoms with Gasteiger partial charge in [0.05, 0.1) is 12.7 Å². The molecule has 0 heterocycles. The molecule has 0 saturated heterocycles. The largest absolute Gasteiger partial charge is 0.493 e. The monoisotopic (exact) mass is 206 g/mol. The van der Waals surface area contributed by atoms with Crippen molar-refractivity contribution in [2.75, 3.05) is 6.61 Å². The van der Waals surface area contributed by atoms with Crippen LogP contribution in [0.4, 0.5) is 0 Å². The van der Waals surface area contributed by atoms with E-state index in [-0.39, 0.29) is 0 Å². The Morgan fingerprint density at radius 3 is 2.73 bits per heavy atom. The molecule has 1 atom stereocenters. The van der Waals surface area contributed by atoms with Crippen molar-refractivity contribution in [3.63, 3.8) is 0 Å². The highest BCUT2D eigenvalue weighted by Gasteiger charge is 2.02. The van der Waals surface area contributed by atoms with Crippen molar-refractivity contribution in [3.8, 4) is 5.75 Å². The summed E-state index contributed by atoms with van der Waals surface area (Å²) in [5.74, 6) is 0.861. The molecule has 1 aromatic carbocycles. The first kappa shape index (κ1) is 11.8. The van der Waals surface area contributed by atoms with E-state index in [4.69, 9.17) is 4.74 Å². The Morgan fingerprint density at radius 2 is 2.13 bits per heavy atom. The zero-order chi connectivity index (χ0) is 11.3. The van der Waals surface area contributed by atoms with Gasteiger partial charge in [-0.25, -0.2) is 0 Å². The quantitative estimate of drug-likeness (QED) is 0.820. The first-order valence-electron chi connectivity index (χ1n) is 5.23. The van der Waals surface area contributed by atoms with Gasteiger partial charge in [0.1, 0.15) is 5.75 Å². The topological polar surface area (TPSA) is 29.5 Å². The third-order valence-electron chi connectivity index (χ3n) is 2.26. The number of hydrogen-bond acceptors (Lipinski definition) is 2. The average Bonchev–Trinajstić information content (AvgIpc) is 2.21. The predicted octanol–water partition coefficient (Wildman–Crippen LogP) is 2.87. The van der Waals surface area contributed by atoms with Gasteiger partial charge in [0, 0.05) is 5.56 Å². The zero-order valence-corrected chi connectivity index (χ0v) is 9.53. The lowest BCUT2D eigenvalue weighted by molar-refractivity contribution is 0.232. The van der Waals surface area contributed by atoms with Crippen LogP contribution in [-0.2, 0) is 0 Å². The van der Waals surface area contributed by atoms with Gasteiger partial charge in [0.15, 0.2) is 0 Å². The molecule has 0 saturated carbocycles. The molecule has 0 aliphatic carbocycles. The molecule has 1 aromatic rings. The van der Waals surface area contributed by atoms with Crippen molar-refractivity contribution in [1.29, 1.82) is 0 Å². The molecule has 82 valence electrons. The van der Waals surface area contributed by atoms with E-state index in [0.717, 1.165) is 16.9 Å². The molecule has 0 aliphatic heterocycles. The van der Waals surface area contributed by atoms with Crippen LogP contribution in [0.25, 0.3) is 6.08 Å². The molecule has 0 bridgehead atoms. The summed E-state index contributed by atoms with van der Waals surface area (Å²) in [6.07, 6.45) is 1.54. The lowest BCUT2D eigenvalue weighted by Gasteiger charge is -2.09. The van der Waals surface area contributed by atoms with Crippen molar-refractivity contribution in [2.45, 2.75) is 26.9 Å². The van der Waals surface area contributed by atoms with E-state index in [9.17, 15) is 5.11 Å². The smallest absolute Gasteiger partial charge is 0.126 e. The summed E-state index contributed by atoms with van der Waals surface area (Å²) in [5.41, 5.74) is 1.94. The number of benzene rings is 1. The maximum absolute atomic E-state index is 9.39. The van der Waals surface area contributed by atoms with Crippen molar-refractivity contribution in [3.05, 3.63) is 35.4 Å². The van der Waals surface area contributed by atoms with Crippen molar-refractivity contribution < 1.29 is 9.84 Å². The predicted molar refractivity (Wildman–Crippen MR) is 62.9 cm³/mol. The molecule has 1 N–H and O–H groups in total. The standard InChI is InChI=1S/C13H18O2/c1-4-15-13-8-6-5-7-12(13)9-10(2)11(3)14/h5-9,11,14H,4H2,1-3H3/b10-9-. The van der Waals surface area contributed by atoms with Crippen molar-refractivity contribution in [1.82, 2.24) is 0 Å². The van der Waals surface area contributed by atoms with Gasteiger partial charge < -0.3 is 9.84 Å². The number of para-hydroxylation sites is 1. The van der Waals surface area contributed by atoms with Crippen LogP contribution in [0.15, 0.2) is 29.8 Å². The zero-order valence-electron chi connectivity index (χ0n) is 9.53. The Kier molecular flexibility index (Phi) is 4.37. The molecule has 2 heteroatoms. The van der Waals surface area contributed by atoms with Crippen molar-refractivity contribution >= 4 is 6.08 Å². The third kappa shape index (κ3) is 3.40. The summed E-state index contributed by atoms with van der Waals surface area (Å²) in [6.45, 7) is 6.28. The van der Waals surface area contributed by atoms with Crippen LogP contribution in [0.2, 0.25) is 0 Å². The molecular formula is C13H18O2. The molecule has 0 fully saturated rings. The van der Waals surface area contributed by atoms with Crippen LogP contribution in [-0.4, -0.2) is 17.8 Å². The van der Waals surface area contributed by atoms with Gasteiger partial charge >= 0.3 is 0 Å². The minimum atomic E-state index is -0.417. The van der Waals surface area contributed by atoms with E-state index in [1.807, 2.05) is 44.2 Å². The fraction of sp³-hybridized carbons (Fsp3) is 0.385. The summed E-state index contributed by atoms with van der Waals surface area (Å²) >= 11 is 0. The van der Waals surface area contributed by atoms with Gasteiger partial charge in [-0.05, 0) is 38.5 Å². The Bertz CT molecular complexity index is 340. The van der Waals surface area contributed by atoms with Crippen LogP contribution in [0.3, 0.4) is 0 Å². The van der Waals surface area contributed by atoms with Crippen LogP contribution < -0.4 is 4.74 Å². The van der Waals surface area contributed by atoms with Crippen LogP contribution >= 0.6 is 0 Å². The van der Waals surface area contributed by atoms with Gasteiger partial charge in [0.2, 0.25) is 0 Å². The normalized spacial score (nSPS) is 13.7. The first-order valence-corrected chi connectivity index (χ1v) is 5.23. The van der Waals surface area contributed by atoms with Gasteiger partial charge in [-0.2, -0.15) is 0 Å². The number of ether oxygens (including phenoxy) is 1. The Labute approximate surface area is 91.2 Å². The number of hydrogen-bond donors (Lipinski definition) is 1. The molecular weight excluding hydrogens is 188 g/mol. The van der Waals surface area contributed by atoms with E-state index in [1.54, 1.807) is 6.92 Å². The second-order valence-electron chi connectivity index (χ2n) is 3.54. The third-order valence-corrected chi connectivity index (χ3v) is 2.26. The fourth-order valence-corrected chi connectivity index (χ4v) is 1.25. The summed E-state index contributed by atoms with van der Waals surface area (Å²) in [4.78, 5) is 0. The van der Waals surface area contributed by atoms with E-state index in [1.165, 1.54) is 0 Å². The maximum Gasteiger partial charge on any atom is 0.126 e. The lowest BCUT2D eigenvalue weighted by atomic mass is 10.1. The lowest BCUT2D eigenvalue weighted by Crippen LogP contribution is -2.01. The van der Waals surface area contributed by atoms with Gasteiger partial charge in [0.25, 0.3) is 0 Å². The minimum Gasteiger partial charge on any atom is -0.493 e. The molecule has 2 nitrogen and oxygen atoms in total. The molecule has 0 spiro atoms. The van der Waals surface area contributed by atoms with E-state index < -0.39 is 6.10 Å². The molecule has 0 radical (unpaired) electrons. The van der Waals surface area contributed by atoms with Gasteiger partial charge in [-0.1, -0.05) is 18.2 Å². The number of aliphatic hydroxyl groups is 1. The van der Waals surface area contributed by atoms with Gasteiger partial charge in [-0.3, -0.25) is 0 Å². The second kappa shape index (κ2) is 5.56. The van der Waals surface area contributed by atoms with E-state index >= 15 is 0 Å². The highest BCUT2D eigenvalue weighted by atomic mass is 16.5. The summed E-state index contributed by atoms with van der Waals surface area (Å²) in [7, 11) is 0. The van der Waals surface area contributed by atoms with Gasteiger partial charge in [-0.15, -0.1) is 0 Å². The van der Waals surface area contributed by atoms with Crippen molar-refractivity contribution in [2.24, 2.45) is 0 Å². The molecule has 1 rings (SSSR count). The van der Waals surface area contributed by atoms with Crippen LogP contribution in [0.1, 0.15) is 26.3 Å². The summed E-state index contributed by atoms with van der Waals surface area (Å²) < 4.78 is 5.49. The highest BCUT2D eigenvalue weighted by Crippen LogP contribution is 2.21. The second-order valence-corrected chi connectivity index (χ2v) is 3.54. The fourth-order valence-electron chi connectivity index (χ4n) is 1.25. The highest BCUT2D eigenvalue weighted by molar-refractivity contribution is 5.59. The Balaban J connectivity index is 2.98. The molecule has 0 aromatic heterocycles. The van der Waals surface area contributed by atoms with Crippen LogP contribution in [0.5, 0.6) is 5.75 Å². The molecule has 15 heavy (non-hydrogen) atoms. The van der Waals surface area contributed by atoms with E-state index in [0.29, 0.717) is 6.61 Å². The molecule has 0 aliphatic rings. The summed E-state index contributed by atoms with van der Waals surface area (Å²) in [6, 6.07) is 7.82. The molecule has 0 amide bonds. The van der Waals surface area contributed by atoms with E-state index in [2.05, 4.69) is 0 Å². The Morgan fingerprint density at radius 1 is 1.47 bits per heavy atom. The molecule has 1 unspecified atom stereocenters. The maximum atomic E-state index is 9.39. The number of aliphatic hydroxyl groups excluding tert-OH is 1. The van der Waals surface area contributed by atoms with Crippen LogP contribution in [0, 0.1) is 0 Å².